The largest absolute Gasteiger partial charge is 0.363 e. The number of fused-ring (bicyclic) bond motifs is 1. The van der Waals surface area contributed by atoms with Crippen LogP contribution in [-0.2, 0) is 4.74 Å². The third-order valence-electron chi connectivity index (χ3n) is 4.26. The Hall–Kier alpha value is -0.0400. The summed E-state index contributed by atoms with van der Waals surface area (Å²) in [6, 6.07) is 0. The lowest BCUT2D eigenvalue weighted by Gasteiger charge is -2.21. The first-order valence-corrected chi connectivity index (χ1v) is 6.43. The zero-order valence-corrected chi connectivity index (χ0v) is 9.77. The highest BCUT2D eigenvalue weighted by Crippen LogP contribution is 2.59. The second-order valence-corrected chi connectivity index (χ2v) is 5.34. The highest BCUT2D eigenvalue weighted by atomic mass is 16.6. The topological polar surface area (TPSA) is 12.5 Å². The van der Waals surface area contributed by atoms with Gasteiger partial charge in [-0.05, 0) is 26.2 Å². The van der Waals surface area contributed by atoms with E-state index < -0.39 is 0 Å². The van der Waals surface area contributed by atoms with E-state index >= 15 is 0 Å². The van der Waals surface area contributed by atoms with Gasteiger partial charge in [0.05, 0.1) is 11.2 Å². The summed E-state index contributed by atoms with van der Waals surface area (Å²) >= 11 is 0. The summed E-state index contributed by atoms with van der Waals surface area (Å²) in [6.07, 6.45) is 12.2. The fourth-order valence-corrected chi connectivity index (χ4v) is 3.15. The van der Waals surface area contributed by atoms with E-state index in [0.717, 1.165) is 0 Å². The van der Waals surface area contributed by atoms with Gasteiger partial charge in [-0.3, -0.25) is 0 Å². The molecular formula is C13H24O. The Morgan fingerprint density at radius 1 is 1.07 bits per heavy atom. The van der Waals surface area contributed by atoms with Crippen LogP contribution in [0.1, 0.15) is 71.6 Å². The van der Waals surface area contributed by atoms with E-state index in [9.17, 15) is 0 Å². The zero-order chi connectivity index (χ0) is 10.1. The van der Waals surface area contributed by atoms with Gasteiger partial charge in [-0.25, -0.2) is 0 Å². The molecule has 0 radical (unpaired) electrons. The average molecular weight is 196 g/mol. The van der Waals surface area contributed by atoms with Crippen molar-refractivity contribution < 1.29 is 4.74 Å². The first-order chi connectivity index (χ1) is 6.72. The van der Waals surface area contributed by atoms with Gasteiger partial charge in [0.1, 0.15) is 0 Å². The van der Waals surface area contributed by atoms with Gasteiger partial charge in [0.15, 0.2) is 0 Å². The molecule has 2 atom stereocenters. The van der Waals surface area contributed by atoms with Crippen LogP contribution >= 0.6 is 0 Å². The Kier molecular flexibility index (Phi) is 2.88. The molecule has 2 rings (SSSR count). The maximum absolute atomic E-state index is 6.03. The molecule has 14 heavy (non-hydrogen) atoms. The molecule has 1 heteroatoms. The summed E-state index contributed by atoms with van der Waals surface area (Å²) in [7, 11) is 0. The lowest BCUT2D eigenvalue weighted by atomic mass is 9.78. The van der Waals surface area contributed by atoms with Crippen molar-refractivity contribution in [3.05, 3.63) is 0 Å². The van der Waals surface area contributed by atoms with Crippen molar-refractivity contribution in [2.75, 3.05) is 0 Å². The van der Waals surface area contributed by atoms with E-state index in [4.69, 9.17) is 4.74 Å². The van der Waals surface area contributed by atoms with E-state index in [-0.39, 0.29) is 5.60 Å². The monoisotopic (exact) mass is 196 g/mol. The standard InChI is InChI=1S/C13H24O/c1-3-4-5-6-10-13-11-8-7-9-12(13,2)14-13/h3-11H2,1-2H3. The molecule has 2 aliphatic rings. The Morgan fingerprint density at radius 2 is 1.86 bits per heavy atom. The van der Waals surface area contributed by atoms with E-state index in [2.05, 4.69) is 13.8 Å². The third-order valence-corrected chi connectivity index (χ3v) is 4.26. The second-order valence-electron chi connectivity index (χ2n) is 5.34. The predicted octanol–water partition coefficient (Wildman–Crippen LogP) is 4.06. The number of epoxide rings is 1. The SMILES string of the molecule is CCCCCCC12CCCCC1(C)O2. The lowest BCUT2D eigenvalue weighted by molar-refractivity contribution is 0.255. The van der Waals surface area contributed by atoms with Crippen LogP contribution in [0.4, 0.5) is 0 Å². The molecule has 0 aromatic rings. The fraction of sp³-hybridized carbons (Fsp3) is 1.00. The summed E-state index contributed by atoms with van der Waals surface area (Å²) in [5, 5.41) is 0. The van der Waals surface area contributed by atoms with Gasteiger partial charge < -0.3 is 4.74 Å². The van der Waals surface area contributed by atoms with Gasteiger partial charge in [0.2, 0.25) is 0 Å². The van der Waals surface area contributed by atoms with Crippen LogP contribution in [0.3, 0.4) is 0 Å². The number of rotatable bonds is 5. The molecule has 2 unspecified atom stereocenters. The molecule has 0 N–H and O–H groups in total. The van der Waals surface area contributed by atoms with Gasteiger partial charge in [0, 0.05) is 0 Å². The Morgan fingerprint density at radius 3 is 2.57 bits per heavy atom. The summed E-state index contributed by atoms with van der Waals surface area (Å²) in [5.74, 6) is 0. The van der Waals surface area contributed by atoms with E-state index in [0.29, 0.717) is 5.60 Å². The molecule has 0 aromatic carbocycles. The molecule has 82 valence electrons. The maximum Gasteiger partial charge on any atom is 0.0977 e. The molecule has 1 saturated carbocycles. The summed E-state index contributed by atoms with van der Waals surface area (Å²) in [4.78, 5) is 0. The first-order valence-electron chi connectivity index (χ1n) is 6.43. The number of ether oxygens (including phenoxy) is 1. The summed E-state index contributed by atoms with van der Waals surface area (Å²) < 4.78 is 6.03. The van der Waals surface area contributed by atoms with Crippen LogP contribution in [-0.4, -0.2) is 11.2 Å². The van der Waals surface area contributed by atoms with Crippen LogP contribution in [0.15, 0.2) is 0 Å². The highest BCUT2D eigenvalue weighted by Gasteiger charge is 2.66. The van der Waals surface area contributed by atoms with Gasteiger partial charge in [-0.2, -0.15) is 0 Å². The average Bonchev–Trinajstić information content (AvgIpc) is 2.79. The molecule has 1 nitrogen and oxygen atoms in total. The van der Waals surface area contributed by atoms with Gasteiger partial charge in [-0.15, -0.1) is 0 Å². The zero-order valence-electron chi connectivity index (χ0n) is 9.77. The van der Waals surface area contributed by atoms with Crippen LogP contribution in [0.5, 0.6) is 0 Å². The molecule has 0 amide bonds. The van der Waals surface area contributed by atoms with Crippen molar-refractivity contribution >= 4 is 0 Å². The quantitative estimate of drug-likeness (QED) is 0.477. The van der Waals surface area contributed by atoms with Gasteiger partial charge >= 0.3 is 0 Å². The molecule has 1 aliphatic heterocycles. The van der Waals surface area contributed by atoms with Crippen molar-refractivity contribution in [1.29, 1.82) is 0 Å². The molecule has 0 spiro atoms. The maximum atomic E-state index is 6.03. The Balaban J connectivity index is 1.75. The molecule has 0 aromatic heterocycles. The Bertz CT molecular complexity index is 197. The lowest BCUT2D eigenvalue weighted by Crippen LogP contribution is -2.27. The van der Waals surface area contributed by atoms with Crippen molar-refractivity contribution in [1.82, 2.24) is 0 Å². The number of hydrogen-bond donors (Lipinski definition) is 0. The molecule has 2 fully saturated rings. The van der Waals surface area contributed by atoms with Crippen LogP contribution in [0.25, 0.3) is 0 Å². The second kappa shape index (κ2) is 3.84. The minimum absolute atomic E-state index is 0.289. The van der Waals surface area contributed by atoms with E-state index in [1.165, 1.54) is 57.8 Å². The van der Waals surface area contributed by atoms with Crippen LogP contribution in [0, 0.1) is 0 Å². The normalized spacial score (nSPS) is 40.7. The van der Waals surface area contributed by atoms with Crippen LogP contribution < -0.4 is 0 Å². The number of unbranched alkanes of at least 4 members (excludes halogenated alkanes) is 3. The van der Waals surface area contributed by atoms with Crippen molar-refractivity contribution in [2.24, 2.45) is 0 Å². The van der Waals surface area contributed by atoms with E-state index in [1.807, 2.05) is 0 Å². The van der Waals surface area contributed by atoms with Crippen molar-refractivity contribution in [3.8, 4) is 0 Å². The first kappa shape index (κ1) is 10.5. The van der Waals surface area contributed by atoms with Gasteiger partial charge in [-0.1, -0.05) is 45.4 Å². The minimum atomic E-state index is 0.289. The molecule has 1 aliphatic carbocycles. The third kappa shape index (κ3) is 1.71. The fourth-order valence-electron chi connectivity index (χ4n) is 3.15. The smallest absolute Gasteiger partial charge is 0.0977 e. The minimum Gasteiger partial charge on any atom is -0.363 e. The molecule has 0 bridgehead atoms. The van der Waals surface area contributed by atoms with Gasteiger partial charge in [0.25, 0.3) is 0 Å². The Labute approximate surface area is 88.2 Å². The molecular weight excluding hydrogens is 172 g/mol. The van der Waals surface area contributed by atoms with Crippen molar-refractivity contribution in [3.63, 3.8) is 0 Å². The summed E-state index contributed by atoms with van der Waals surface area (Å²) in [6.45, 7) is 4.60. The summed E-state index contributed by atoms with van der Waals surface area (Å²) in [5.41, 5.74) is 0.621. The highest BCUT2D eigenvalue weighted by molar-refractivity contribution is 5.14. The van der Waals surface area contributed by atoms with Crippen molar-refractivity contribution in [2.45, 2.75) is 82.8 Å². The molecule has 1 heterocycles. The van der Waals surface area contributed by atoms with E-state index in [1.54, 1.807) is 0 Å². The molecule has 1 saturated heterocycles. The number of hydrogen-bond acceptors (Lipinski definition) is 1. The van der Waals surface area contributed by atoms with Crippen LogP contribution in [0.2, 0.25) is 0 Å². The predicted molar refractivity (Wildman–Crippen MR) is 59.4 cm³/mol.